The Labute approximate surface area is 97.7 Å². The van der Waals surface area contributed by atoms with Crippen molar-refractivity contribution in [1.29, 1.82) is 0 Å². The highest BCUT2D eigenvalue weighted by atomic mass is 35.5. The van der Waals surface area contributed by atoms with E-state index in [0.29, 0.717) is 22.5 Å². The molecule has 0 radical (unpaired) electrons. The van der Waals surface area contributed by atoms with E-state index in [0.717, 1.165) is 5.69 Å². The van der Waals surface area contributed by atoms with Crippen molar-refractivity contribution in [2.24, 2.45) is 0 Å². The van der Waals surface area contributed by atoms with Crippen molar-refractivity contribution < 1.29 is 10.2 Å². The average molecular weight is 249 g/mol. The Balaban J connectivity index is 2.43. The van der Waals surface area contributed by atoms with E-state index >= 15 is 0 Å². The maximum Gasteiger partial charge on any atom is 0.140 e. The molecule has 0 spiro atoms. The molecule has 1 aromatic heterocycles. The Morgan fingerprint density at radius 3 is 2.87 bits per heavy atom. The molecule has 0 fully saturated rings. The number of halogens is 1. The first-order valence-electron chi connectivity index (χ1n) is 4.48. The molecule has 0 saturated heterocycles. The number of hydrogen-bond donors (Lipinski definition) is 2. The average Bonchev–Trinajstić information content (AvgIpc) is 2.16. The molecule has 1 unspecified atom stereocenters. The van der Waals surface area contributed by atoms with Gasteiger partial charge in [-0.05, 0) is 13.0 Å². The lowest BCUT2D eigenvalue weighted by Gasteiger charge is -2.06. The second-order valence-electron chi connectivity index (χ2n) is 3.10. The minimum Gasteiger partial charge on any atom is -0.394 e. The van der Waals surface area contributed by atoms with Crippen LogP contribution in [0.4, 0.5) is 0 Å². The van der Waals surface area contributed by atoms with E-state index < -0.39 is 6.10 Å². The zero-order valence-corrected chi connectivity index (χ0v) is 9.92. The van der Waals surface area contributed by atoms with E-state index in [4.69, 9.17) is 21.8 Å². The molecular weight excluding hydrogens is 236 g/mol. The van der Waals surface area contributed by atoms with E-state index in [9.17, 15) is 0 Å². The lowest BCUT2D eigenvalue weighted by atomic mass is 10.4. The molecule has 0 aliphatic rings. The number of thioether (sulfide) groups is 1. The second kappa shape index (κ2) is 6.27. The van der Waals surface area contributed by atoms with E-state index in [-0.39, 0.29) is 6.61 Å². The number of nitrogens with zero attached hydrogens (tertiary/aromatic N) is 2. The van der Waals surface area contributed by atoms with Crippen molar-refractivity contribution in [3.05, 3.63) is 22.7 Å². The molecule has 0 aliphatic carbocycles. The first-order valence-corrected chi connectivity index (χ1v) is 6.02. The van der Waals surface area contributed by atoms with Gasteiger partial charge in [0, 0.05) is 11.4 Å². The lowest BCUT2D eigenvalue weighted by Crippen LogP contribution is -2.14. The number of aromatic nitrogens is 2. The van der Waals surface area contributed by atoms with E-state index in [1.165, 1.54) is 11.8 Å². The molecule has 1 heterocycles. The van der Waals surface area contributed by atoms with Gasteiger partial charge in [0.1, 0.15) is 11.0 Å². The number of aliphatic hydroxyl groups is 2. The van der Waals surface area contributed by atoms with E-state index in [2.05, 4.69) is 9.97 Å². The molecular formula is C9H13ClN2O2S. The molecule has 84 valence electrons. The third-order valence-corrected chi connectivity index (χ3v) is 2.90. The molecule has 0 amide bonds. The van der Waals surface area contributed by atoms with Crippen LogP contribution in [-0.2, 0) is 5.75 Å². The summed E-state index contributed by atoms with van der Waals surface area (Å²) in [5, 5.41) is 18.1. The third-order valence-electron chi connectivity index (χ3n) is 1.62. The predicted octanol–water partition coefficient (Wildman–Crippen LogP) is 1.02. The monoisotopic (exact) mass is 248 g/mol. The summed E-state index contributed by atoms with van der Waals surface area (Å²) in [6.07, 6.45) is -0.685. The van der Waals surface area contributed by atoms with Gasteiger partial charge in [-0.2, -0.15) is 11.8 Å². The lowest BCUT2D eigenvalue weighted by molar-refractivity contribution is 0.113. The molecule has 15 heavy (non-hydrogen) atoms. The molecule has 6 heteroatoms. The fourth-order valence-electron chi connectivity index (χ4n) is 0.992. The minimum atomic E-state index is -0.685. The van der Waals surface area contributed by atoms with Gasteiger partial charge in [0.05, 0.1) is 18.5 Å². The Hall–Kier alpha value is -0.360. The largest absolute Gasteiger partial charge is 0.394 e. The molecule has 1 aromatic rings. The zero-order chi connectivity index (χ0) is 11.3. The predicted molar refractivity (Wildman–Crippen MR) is 61.0 cm³/mol. The second-order valence-corrected chi connectivity index (χ2v) is 4.52. The topological polar surface area (TPSA) is 66.2 Å². The van der Waals surface area contributed by atoms with Crippen molar-refractivity contribution in [3.8, 4) is 0 Å². The summed E-state index contributed by atoms with van der Waals surface area (Å²) in [5.74, 6) is 1.69. The normalized spacial score (nSPS) is 12.8. The van der Waals surface area contributed by atoms with Gasteiger partial charge in [0.25, 0.3) is 0 Å². The van der Waals surface area contributed by atoms with Crippen LogP contribution >= 0.6 is 23.4 Å². The molecule has 2 N–H and O–H groups in total. The summed E-state index contributed by atoms with van der Waals surface area (Å²) in [6.45, 7) is 1.63. The fourth-order valence-corrected chi connectivity index (χ4v) is 2.05. The highest BCUT2D eigenvalue weighted by Crippen LogP contribution is 2.13. The van der Waals surface area contributed by atoms with Crippen molar-refractivity contribution in [2.75, 3.05) is 12.4 Å². The van der Waals surface area contributed by atoms with Gasteiger partial charge in [0.2, 0.25) is 0 Å². The zero-order valence-electron chi connectivity index (χ0n) is 8.35. The van der Waals surface area contributed by atoms with Gasteiger partial charge in [-0.3, -0.25) is 0 Å². The quantitative estimate of drug-likeness (QED) is 0.762. The summed E-state index contributed by atoms with van der Waals surface area (Å²) in [4.78, 5) is 8.24. The molecule has 1 rings (SSSR count). The standard InChI is InChI=1S/C9H13ClN2O2S/c1-6-2-8(10)12-9(11-6)5-15-4-7(14)3-13/h2,7,13-14H,3-5H2,1H3. The maximum absolute atomic E-state index is 9.11. The van der Waals surface area contributed by atoms with Crippen LogP contribution in [0.5, 0.6) is 0 Å². The van der Waals surface area contributed by atoms with Crippen LogP contribution in [0.1, 0.15) is 11.5 Å². The highest BCUT2D eigenvalue weighted by Gasteiger charge is 2.04. The van der Waals surface area contributed by atoms with Crippen molar-refractivity contribution in [3.63, 3.8) is 0 Å². The van der Waals surface area contributed by atoms with Gasteiger partial charge in [-0.15, -0.1) is 0 Å². The summed E-state index contributed by atoms with van der Waals surface area (Å²) in [5.41, 5.74) is 0.827. The molecule has 0 saturated carbocycles. The number of rotatable bonds is 5. The first-order chi connectivity index (χ1) is 7.11. The van der Waals surface area contributed by atoms with Gasteiger partial charge in [-0.25, -0.2) is 9.97 Å². The van der Waals surface area contributed by atoms with Crippen LogP contribution in [0.15, 0.2) is 6.07 Å². The molecule has 0 aromatic carbocycles. The fraction of sp³-hybridized carbons (Fsp3) is 0.556. The van der Waals surface area contributed by atoms with Gasteiger partial charge in [0.15, 0.2) is 0 Å². The van der Waals surface area contributed by atoms with Crippen molar-refractivity contribution in [1.82, 2.24) is 9.97 Å². The van der Waals surface area contributed by atoms with Crippen LogP contribution in [0.2, 0.25) is 5.15 Å². The van der Waals surface area contributed by atoms with Gasteiger partial charge in [-0.1, -0.05) is 11.6 Å². The van der Waals surface area contributed by atoms with E-state index in [1.807, 2.05) is 6.92 Å². The van der Waals surface area contributed by atoms with Crippen LogP contribution in [0, 0.1) is 6.92 Å². The van der Waals surface area contributed by atoms with Crippen molar-refractivity contribution >= 4 is 23.4 Å². The van der Waals surface area contributed by atoms with Crippen molar-refractivity contribution in [2.45, 2.75) is 18.8 Å². The highest BCUT2D eigenvalue weighted by molar-refractivity contribution is 7.98. The summed E-state index contributed by atoms with van der Waals surface area (Å²) in [7, 11) is 0. The Bertz CT molecular complexity index is 305. The summed E-state index contributed by atoms with van der Waals surface area (Å²) >= 11 is 7.23. The SMILES string of the molecule is Cc1cc(Cl)nc(CSCC(O)CO)n1. The van der Waals surface area contributed by atoms with E-state index in [1.54, 1.807) is 6.07 Å². The van der Waals surface area contributed by atoms with Crippen LogP contribution in [0.25, 0.3) is 0 Å². The Kier molecular flexibility index (Phi) is 5.31. The summed E-state index contributed by atoms with van der Waals surface area (Å²) in [6, 6.07) is 1.69. The van der Waals surface area contributed by atoms with Gasteiger partial charge >= 0.3 is 0 Å². The minimum absolute atomic E-state index is 0.220. The molecule has 4 nitrogen and oxygen atoms in total. The number of aliphatic hydroxyl groups excluding tert-OH is 2. The molecule has 0 bridgehead atoms. The first kappa shape index (κ1) is 12.7. The van der Waals surface area contributed by atoms with Crippen LogP contribution < -0.4 is 0 Å². The number of aryl methyl sites for hydroxylation is 1. The summed E-state index contributed by atoms with van der Waals surface area (Å²) < 4.78 is 0. The third kappa shape index (κ3) is 4.79. The smallest absolute Gasteiger partial charge is 0.140 e. The Morgan fingerprint density at radius 2 is 2.27 bits per heavy atom. The Morgan fingerprint density at radius 1 is 1.53 bits per heavy atom. The van der Waals surface area contributed by atoms with Gasteiger partial charge < -0.3 is 10.2 Å². The van der Waals surface area contributed by atoms with Crippen LogP contribution in [0.3, 0.4) is 0 Å². The maximum atomic E-state index is 9.11. The van der Waals surface area contributed by atoms with Crippen LogP contribution in [-0.4, -0.2) is 38.6 Å². The molecule has 1 atom stereocenters. The molecule has 0 aliphatic heterocycles. The number of hydrogen-bond acceptors (Lipinski definition) is 5.